The molecule has 3 N–H and O–H groups in total. The van der Waals surface area contributed by atoms with Crippen molar-refractivity contribution in [3.8, 4) is 0 Å². The van der Waals surface area contributed by atoms with Crippen molar-refractivity contribution in [2.45, 2.75) is 57.0 Å². The van der Waals surface area contributed by atoms with Crippen molar-refractivity contribution >= 4 is 30.0 Å². The Kier molecular flexibility index (Phi) is 90.0. The fraction of sp³-hybridized carbons (Fsp3) is 0.917. The molecule has 3 atom stereocenters. The number of carboxylic acids is 2. The third-order valence-corrected chi connectivity index (χ3v) is 17.9. The number of ether oxygens (including phenoxy) is 30. The molecular weight excluding hydrogens is 1690 g/mol. The van der Waals surface area contributed by atoms with Gasteiger partial charge in [0.15, 0.2) is 6.29 Å². The van der Waals surface area contributed by atoms with Crippen LogP contribution in [0.5, 0.6) is 0 Å². The number of nitrogens with zero attached hydrogens (tertiary/aromatic N) is 4. The molecule has 2 heterocycles. The molecule has 746 valence electrons. The lowest BCUT2D eigenvalue weighted by molar-refractivity contribution is -0.191. The van der Waals surface area contributed by atoms with E-state index in [2.05, 4.69) is 27.3 Å². The van der Waals surface area contributed by atoms with Crippen LogP contribution in [0.4, 0.5) is 4.79 Å². The summed E-state index contributed by atoms with van der Waals surface area (Å²) in [4.78, 5) is 71.8. The summed E-state index contributed by atoms with van der Waals surface area (Å²) in [5.74, 6) is -1.75. The molecule has 0 aromatic carbocycles. The molecule has 2 saturated heterocycles. The SMILES string of the molecule is CN1CCN(CC(=O)O)CCN(CC(=O)O)CCN(CC(=O)CCCOCCOCCOCCOCCOCCOCCOCCOCCOCCOCCOCCOCCOCCOCCOCCOCCOCCOCCOCCOCCOCCOCCOCCOCCOCCOCCOCCNC(=O)OCC2O[C@H]3CC/C=C/CC[C@H]3O2)CC1.O=C=O. The van der Waals surface area contributed by atoms with Gasteiger partial charge in [0.25, 0.3) is 0 Å². The first kappa shape index (κ1) is 119. The molecule has 0 saturated carbocycles. The van der Waals surface area contributed by atoms with E-state index in [-0.39, 0.29) is 50.4 Å². The average Bonchev–Trinajstić information content (AvgIpc) is 1.72. The molecule has 2 aliphatic heterocycles. The van der Waals surface area contributed by atoms with Crippen LogP contribution in [0.15, 0.2) is 12.2 Å². The number of alkyl carbamates (subject to hydrolysis) is 1. The lowest BCUT2D eigenvalue weighted by Crippen LogP contribution is -2.47. The van der Waals surface area contributed by atoms with Crippen LogP contribution in [0.3, 0.4) is 0 Å². The Morgan fingerprint density at radius 2 is 0.504 bits per heavy atom. The molecule has 43 heteroatoms. The van der Waals surface area contributed by atoms with Crippen LogP contribution in [0, 0.1) is 0 Å². The smallest absolute Gasteiger partial charge is 0.407 e. The highest BCUT2D eigenvalue weighted by molar-refractivity contribution is 5.80. The number of hydrogen-bond acceptors (Lipinski definition) is 40. The lowest BCUT2D eigenvalue weighted by atomic mass is 10.0. The predicted molar refractivity (Wildman–Crippen MR) is 454 cm³/mol. The highest BCUT2D eigenvalue weighted by atomic mass is 16.8. The van der Waals surface area contributed by atoms with E-state index in [4.69, 9.17) is 152 Å². The van der Waals surface area contributed by atoms with Gasteiger partial charge in [-0.15, -0.1) is 0 Å². The molecule has 0 bridgehead atoms. The number of likely N-dealkylation sites (N-methyl/N-ethyl adjacent to an activating group) is 1. The van der Waals surface area contributed by atoms with Gasteiger partial charge in [0, 0.05) is 71.9 Å². The van der Waals surface area contributed by atoms with E-state index in [1.807, 2.05) is 11.9 Å². The summed E-state index contributed by atoms with van der Waals surface area (Å²) in [6.07, 6.45) is 8.40. The third kappa shape index (κ3) is 86.8. The molecule has 0 aromatic heterocycles. The summed E-state index contributed by atoms with van der Waals surface area (Å²) < 4.78 is 167. The predicted octanol–water partition coefficient (Wildman–Crippen LogP) is 0.188. The molecule has 2 fully saturated rings. The van der Waals surface area contributed by atoms with Crippen LogP contribution in [-0.2, 0) is 166 Å². The number of fused-ring (bicyclic) bond motifs is 1. The van der Waals surface area contributed by atoms with E-state index in [1.165, 1.54) is 0 Å². The maximum absolute atomic E-state index is 12.9. The van der Waals surface area contributed by atoms with E-state index in [0.29, 0.717) is 429 Å². The van der Waals surface area contributed by atoms with E-state index in [0.717, 1.165) is 25.7 Å². The van der Waals surface area contributed by atoms with Crippen LogP contribution in [-0.4, -0.2) is 527 Å². The van der Waals surface area contributed by atoms with Gasteiger partial charge in [0.2, 0.25) is 0 Å². The van der Waals surface area contributed by atoms with Crippen LogP contribution >= 0.6 is 0 Å². The zero-order valence-electron chi connectivity index (χ0n) is 75.9. The number of ketones is 1. The molecule has 43 nitrogen and oxygen atoms in total. The molecule has 0 spiro atoms. The number of Topliss-reactive ketones (excluding diaryl/α,β-unsaturated/α-hetero) is 1. The van der Waals surface area contributed by atoms with Gasteiger partial charge in [0.1, 0.15) is 12.4 Å². The van der Waals surface area contributed by atoms with Crippen molar-refractivity contribution in [2.75, 3.05) is 449 Å². The monoisotopic (exact) mass is 1840 g/mol. The number of carbonyl (C=O) groups is 4. The normalized spacial score (nSPS) is 16.6. The number of aliphatic carboxylic acids is 2. The molecule has 0 radical (unpaired) electrons. The Hall–Kier alpha value is -4.32. The van der Waals surface area contributed by atoms with Gasteiger partial charge >= 0.3 is 24.2 Å². The Labute approximate surface area is 751 Å². The molecule has 127 heavy (non-hydrogen) atoms. The van der Waals surface area contributed by atoms with E-state index in [9.17, 15) is 29.4 Å². The number of nitrogens with one attached hydrogen (secondary N) is 1. The minimum Gasteiger partial charge on any atom is -0.480 e. The van der Waals surface area contributed by atoms with Crippen molar-refractivity contribution in [1.29, 1.82) is 0 Å². The number of amides is 1. The second kappa shape index (κ2) is 96.3. The number of carboxylic acid groups (broad SMARTS) is 2. The minimum absolute atomic E-state index is 0.0538. The zero-order valence-corrected chi connectivity index (χ0v) is 75.9. The first-order valence-electron chi connectivity index (χ1n) is 44.8. The summed E-state index contributed by atoms with van der Waals surface area (Å²) >= 11 is 0. The first-order chi connectivity index (χ1) is 62.6. The Bertz CT molecular complexity index is 2430. The quantitative estimate of drug-likeness (QED) is 0.0540. The largest absolute Gasteiger partial charge is 0.480 e. The molecule has 0 aromatic rings. The maximum Gasteiger partial charge on any atom is 0.407 e. The van der Waals surface area contributed by atoms with E-state index >= 15 is 0 Å². The zero-order chi connectivity index (χ0) is 91.0. The molecular formula is C84H157N5O38. The Morgan fingerprint density at radius 3 is 0.724 bits per heavy atom. The maximum atomic E-state index is 12.9. The van der Waals surface area contributed by atoms with Gasteiger partial charge in [-0.25, -0.2) is 4.79 Å². The van der Waals surface area contributed by atoms with Gasteiger partial charge in [0.05, 0.1) is 382 Å². The van der Waals surface area contributed by atoms with Gasteiger partial charge in [-0.2, -0.15) is 9.59 Å². The van der Waals surface area contributed by atoms with Crippen LogP contribution in [0.1, 0.15) is 38.5 Å². The molecule has 3 aliphatic rings. The summed E-state index contributed by atoms with van der Waals surface area (Å²) in [6.45, 7) is 29.5. The van der Waals surface area contributed by atoms with E-state index in [1.54, 1.807) is 4.90 Å². The van der Waals surface area contributed by atoms with Crippen molar-refractivity contribution < 1.29 is 181 Å². The van der Waals surface area contributed by atoms with Crippen LogP contribution in [0.2, 0.25) is 0 Å². The Morgan fingerprint density at radius 1 is 0.307 bits per heavy atom. The van der Waals surface area contributed by atoms with Gasteiger partial charge < -0.3 is 163 Å². The lowest BCUT2D eigenvalue weighted by Gasteiger charge is -2.32. The third-order valence-electron chi connectivity index (χ3n) is 17.9. The van der Waals surface area contributed by atoms with Crippen molar-refractivity contribution in [3.05, 3.63) is 12.2 Å². The topological polar surface area (TPSA) is 445 Å². The standard InChI is InChI=1S/C83H157N5O36.CO2/c1-85-11-13-86(15-16-88(75-81(92)93)18-17-87(14-12-85)74-80(90)91)73-77(89)7-6-19-95-21-23-97-25-27-99-29-31-101-33-35-103-37-39-105-41-43-107-45-47-109-49-51-111-53-55-113-57-59-115-61-63-117-65-67-119-69-71-121-72-70-120-68-66-118-64-62-116-60-58-114-56-54-112-52-50-110-48-46-108-44-42-106-40-38-104-36-34-102-32-30-100-28-26-98-24-22-96-20-10-84-83(94)122-76-82-123-78-8-4-2-3-5-9-79(78)124-82;2-1-3/h2-3,78-79,82H,4-76H2,1H3,(H,84,94)(H,90,91)(H,92,93);/b3-2+;/t78-,79+,82?;. The number of hydrogen-bond donors (Lipinski definition) is 3. The summed E-state index contributed by atoms with van der Waals surface area (Å²) in [5, 5.41) is 21.4. The first-order valence-corrected chi connectivity index (χ1v) is 44.8. The second-order valence-electron chi connectivity index (χ2n) is 28.1. The van der Waals surface area contributed by atoms with Gasteiger partial charge in [-0.3, -0.25) is 29.1 Å². The Balaban J connectivity index is 0.0000179. The highest BCUT2D eigenvalue weighted by Gasteiger charge is 2.36. The van der Waals surface area contributed by atoms with Crippen molar-refractivity contribution in [2.24, 2.45) is 0 Å². The summed E-state index contributed by atoms with van der Waals surface area (Å²) in [5.41, 5.74) is 0. The molecule has 1 amide bonds. The van der Waals surface area contributed by atoms with Crippen molar-refractivity contribution in [3.63, 3.8) is 0 Å². The fourth-order valence-electron chi connectivity index (χ4n) is 11.4. The highest BCUT2D eigenvalue weighted by Crippen LogP contribution is 2.28. The van der Waals surface area contributed by atoms with Crippen LogP contribution < -0.4 is 5.32 Å². The average molecular weight is 1850 g/mol. The number of carbonyl (C=O) groups excluding carboxylic acids is 4. The van der Waals surface area contributed by atoms with Crippen LogP contribution in [0.25, 0.3) is 0 Å². The second-order valence-corrected chi connectivity index (χ2v) is 28.1. The minimum atomic E-state index is -0.943. The summed E-state index contributed by atoms with van der Waals surface area (Å²) in [7, 11) is 1.98. The number of allylic oxidation sites excluding steroid dienone is 2. The molecule has 1 aliphatic carbocycles. The van der Waals surface area contributed by atoms with Gasteiger partial charge in [-0.05, 0) is 39.2 Å². The van der Waals surface area contributed by atoms with Crippen molar-refractivity contribution in [1.82, 2.24) is 24.9 Å². The number of rotatable bonds is 93. The fourth-order valence-corrected chi connectivity index (χ4v) is 11.4. The van der Waals surface area contributed by atoms with E-state index < -0.39 is 24.3 Å². The molecule has 3 rings (SSSR count). The molecule has 1 unspecified atom stereocenters. The summed E-state index contributed by atoms with van der Waals surface area (Å²) in [6, 6.07) is 0. The van der Waals surface area contributed by atoms with Gasteiger partial charge in [-0.1, -0.05) is 12.2 Å².